The Morgan fingerprint density at radius 2 is 1.49 bits per heavy atom. The molecule has 11 heteroatoms. The van der Waals surface area contributed by atoms with E-state index < -0.39 is 41.3 Å². The van der Waals surface area contributed by atoms with Gasteiger partial charge in [-0.2, -0.15) is 4.72 Å². The Kier molecular flexibility index (Phi) is 8.82. The Bertz CT molecular complexity index is 1260. The molecule has 1 amide bonds. The van der Waals surface area contributed by atoms with Crippen LogP contribution < -0.4 is 10.0 Å². The molecule has 1 unspecified atom stereocenters. The van der Waals surface area contributed by atoms with Crippen molar-refractivity contribution < 1.29 is 32.3 Å². The maximum absolute atomic E-state index is 13.0. The summed E-state index contributed by atoms with van der Waals surface area (Å²) in [6.07, 6.45) is -0.831. The highest BCUT2D eigenvalue weighted by atomic mass is 32.2. The molecule has 3 aromatic carbocycles. The van der Waals surface area contributed by atoms with Crippen LogP contribution in [-0.4, -0.2) is 30.1 Å². The van der Waals surface area contributed by atoms with Crippen LogP contribution in [0.25, 0.3) is 0 Å². The number of rotatable bonds is 10. The molecular weight excluding hydrogens is 491 g/mol. The maximum atomic E-state index is 13.0. The zero-order valence-electron chi connectivity index (χ0n) is 18.9. The van der Waals surface area contributed by atoms with Crippen LogP contribution in [0.1, 0.15) is 34.1 Å². The van der Waals surface area contributed by atoms with Gasteiger partial charge in [0, 0.05) is 0 Å². The third kappa shape index (κ3) is 8.31. The van der Waals surface area contributed by atoms with Crippen LogP contribution in [0.2, 0.25) is 0 Å². The minimum Gasteiger partial charge on any atom is -0.445 e. The normalized spacial score (nSPS) is 13.6. The molecule has 0 heterocycles. The predicted octanol–water partition coefficient (Wildman–Crippen LogP) is 3.76. The lowest BCUT2D eigenvalue weighted by Crippen LogP contribution is -2.38. The van der Waals surface area contributed by atoms with E-state index in [9.17, 15) is 27.6 Å². The summed E-state index contributed by atoms with van der Waals surface area (Å²) in [7, 11) is -9.19. The first-order chi connectivity index (χ1) is 16.5. The second-order valence-corrected chi connectivity index (χ2v) is 11.5. The monoisotopic (exact) mass is 518 g/mol. The minimum atomic E-state index is -4.90. The molecule has 0 aromatic heterocycles. The number of benzene rings is 3. The Labute approximate surface area is 204 Å². The quantitative estimate of drug-likeness (QED) is 0.299. The molecule has 0 radical (unpaired) electrons. The van der Waals surface area contributed by atoms with Crippen molar-refractivity contribution in [3.05, 3.63) is 107 Å². The Balaban J connectivity index is 1.78. The fraction of sp³-hybridized carbons (Fsp3) is 0.208. The van der Waals surface area contributed by atoms with Crippen molar-refractivity contribution >= 4 is 23.7 Å². The highest BCUT2D eigenvalue weighted by molar-refractivity contribution is 7.89. The van der Waals surface area contributed by atoms with E-state index in [0.29, 0.717) is 5.56 Å². The van der Waals surface area contributed by atoms with E-state index in [1.54, 1.807) is 73.7 Å². The molecule has 4 N–H and O–H groups in total. The number of carbonyl (C=O) groups is 1. The number of aryl methyl sites for hydroxylation is 1. The third-order valence-corrected chi connectivity index (χ3v) is 7.76. The first-order valence-corrected chi connectivity index (χ1v) is 14.0. The SMILES string of the molecule is Cc1ccc(C(NS(=O)(=O)C[C@@H](NC(=O)OCc2ccccc2)c2ccccc2)P(=O)(O)O)cc1. The van der Waals surface area contributed by atoms with Crippen LogP contribution in [0.4, 0.5) is 4.79 Å². The molecule has 3 rings (SSSR count). The largest absolute Gasteiger partial charge is 0.445 e. The number of hydrogen-bond donors (Lipinski definition) is 4. The highest BCUT2D eigenvalue weighted by Gasteiger charge is 2.35. The Morgan fingerprint density at radius 1 is 0.914 bits per heavy atom. The Hall–Kier alpha value is -3.01. The molecule has 0 aliphatic carbocycles. The van der Waals surface area contributed by atoms with E-state index in [0.717, 1.165) is 11.1 Å². The van der Waals surface area contributed by atoms with Gasteiger partial charge in [-0.25, -0.2) is 13.2 Å². The summed E-state index contributed by atoms with van der Waals surface area (Å²) in [4.78, 5) is 32.1. The van der Waals surface area contributed by atoms with Gasteiger partial charge in [0.1, 0.15) is 12.4 Å². The smallest absolute Gasteiger partial charge is 0.407 e. The lowest BCUT2D eigenvalue weighted by atomic mass is 10.1. The van der Waals surface area contributed by atoms with Crippen molar-refractivity contribution in [3.63, 3.8) is 0 Å². The topological polar surface area (TPSA) is 142 Å². The number of amides is 1. The molecule has 0 spiro atoms. The second-order valence-electron chi connectivity index (χ2n) is 7.97. The van der Waals surface area contributed by atoms with Crippen LogP contribution in [0.3, 0.4) is 0 Å². The fourth-order valence-corrected chi connectivity index (χ4v) is 6.21. The van der Waals surface area contributed by atoms with Crippen LogP contribution in [0, 0.1) is 6.92 Å². The lowest BCUT2D eigenvalue weighted by Gasteiger charge is -2.23. The van der Waals surface area contributed by atoms with E-state index in [2.05, 4.69) is 10.0 Å². The van der Waals surface area contributed by atoms with E-state index in [1.807, 2.05) is 6.07 Å². The van der Waals surface area contributed by atoms with Gasteiger partial charge in [0.25, 0.3) is 0 Å². The average Bonchev–Trinajstić information content (AvgIpc) is 2.82. The predicted molar refractivity (Wildman–Crippen MR) is 132 cm³/mol. The highest BCUT2D eigenvalue weighted by Crippen LogP contribution is 2.50. The van der Waals surface area contributed by atoms with Crippen LogP contribution >= 0.6 is 7.60 Å². The van der Waals surface area contributed by atoms with Gasteiger partial charge in [0.2, 0.25) is 10.0 Å². The lowest BCUT2D eigenvalue weighted by molar-refractivity contribution is 0.136. The van der Waals surface area contributed by atoms with Gasteiger partial charge in [-0.1, -0.05) is 90.5 Å². The summed E-state index contributed by atoms with van der Waals surface area (Å²) < 4.78 is 45.5. The Morgan fingerprint density at radius 3 is 2.06 bits per heavy atom. The molecule has 0 bridgehead atoms. The van der Waals surface area contributed by atoms with E-state index in [-0.39, 0.29) is 12.2 Å². The summed E-state index contributed by atoms with van der Waals surface area (Å²) in [5, 5.41) is 2.54. The summed E-state index contributed by atoms with van der Waals surface area (Å²) >= 11 is 0. The number of ether oxygens (including phenoxy) is 1. The van der Waals surface area contributed by atoms with Gasteiger partial charge >= 0.3 is 13.7 Å². The number of carbonyl (C=O) groups excluding carboxylic acids is 1. The van der Waals surface area contributed by atoms with Crippen molar-refractivity contribution in [2.75, 3.05) is 5.75 Å². The zero-order valence-corrected chi connectivity index (χ0v) is 20.7. The number of sulfonamides is 1. The molecule has 0 fully saturated rings. The summed E-state index contributed by atoms with van der Waals surface area (Å²) in [6, 6.07) is 22.5. The van der Waals surface area contributed by atoms with Gasteiger partial charge in [0.05, 0.1) is 11.8 Å². The van der Waals surface area contributed by atoms with Crippen LogP contribution in [0.5, 0.6) is 0 Å². The second kappa shape index (κ2) is 11.6. The van der Waals surface area contributed by atoms with E-state index >= 15 is 0 Å². The molecular formula is C24H27N2O7PS. The van der Waals surface area contributed by atoms with Gasteiger partial charge in [0.15, 0.2) is 0 Å². The van der Waals surface area contributed by atoms with Crippen molar-refractivity contribution in [2.45, 2.75) is 25.4 Å². The van der Waals surface area contributed by atoms with Crippen molar-refractivity contribution in [1.82, 2.24) is 10.0 Å². The van der Waals surface area contributed by atoms with Gasteiger partial charge in [-0.15, -0.1) is 0 Å². The van der Waals surface area contributed by atoms with Gasteiger partial charge in [-0.3, -0.25) is 4.57 Å². The molecule has 3 aromatic rings. The van der Waals surface area contributed by atoms with E-state index in [1.165, 1.54) is 12.1 Å². The molecule has 0 aliphatic heterocycles. The summed E-state index contributed by atoms with van der Waals surface area (Å²) in [5.74, 6) is -2.44. The first kappa shape index (κ1) is 26.6. The van der Waals surface area contributed by atoms with Gasteiger partial charge < -0.3 is 19.8 Å². The van der Waals surface area contributed by atoms with Crippen molar-refractivity contribution in [3.8, 4) is 0 Å². The van der Waals surface area contributed by atoms with Gasteiger partial charge in [-0.05, 0) is 23.6 Å². The fourth-order valence-electron chi connectivity index (χ4n) is 3.33. The van der Waals surface area contributed by atoms with Crippen LogP contribution in [0.15, 0.2) is 84.9 Å². The number of nitrogens with one attached hydrogen (secondary N) is 2. The molecule has 186 valence electrons. The minimum absolute atomic E-state index is 0.00706. The summed E-state index contributed by atoms with van der Waals surface area (Å²) in [6.45, 7) is 1.79. The summed E-state index contributed by atoms with van der Waals surface area (Å²) in [5.41, 5.74) is 2.22. The molecule has 35 heavy (non-hydrogen) atoms. The molecule has 0 aliphatic rings. The molecule has 0 saturated heterocycles. The number of alkyl carbamates (subject to hydrolysis) is 1. The van der Waals surface area contributed by atoms with Crippen molar-refractivity contribution in [2.24, 2.45) is 0 Å². The molecule has 9 nitrogen and oxygen atoms in total. The molecule has 2 atom stereocenters. The number of hydrogen-bond acceptors (Lipinski definition) is 5. The average molecular weight is 519 g/mol. The standard InChI is InChI=1S/C24H27N2O7PS/c1-18-12-14-21(15-13-18)23(34(28,29)30)26-35(31,32)17-22(20-10-6-3-7-11-20)25-24(27)33-16-19-8-4-2-5-9-19/h2-15,22-23,26H,16-17H2,1H3,(H,25,27)(H2,28,29,30)/t22-,23?/m1/s1. The van der Waals surface area contributed by atoms with Crippen LogP contribution in [-0.2, 0) is 25.9 Å². The zero-order chi connectivity index (χ0) is 25.5. The third-order valence-electron chi connectivity index (χ3n) is 5.11. The first-order valence-electron chi connectivity index (χ1n) is 10.7. The van der Waals surface area contributed by atoms with E-state index in [4.69, 9.17) is 4.74 Å². The maximum Gasteiger partial charge on any atom is 0.407 e. The van der Waals surface area contributed by atoms with Crippen molar-refractivity contribution in [1.29, 1.82) is 0 Å². The molecule has 0 saturated carbocycles.